The molecule has 0 bridgehead atoms. The molecule has 3 aromatic rings. The SMILES string of the molecule is CN(Cc1ccoc1)Cc1nc(N)c2cnn(C)c2n1. The summed E-state index contributed by atoms with van der Waals surface area (Å²) in [7, 11) is 3.84. The molecule has 0 radical (unpaired) electrons. The molecule has 0 aliphatic carbocycles. The number of nitrogens with two attached hydrogens (primary N) is 1. The number of rotatable bonds is 4. The summed E-state index contributed by atoms with van der Waals surface area (Å²) < 4.78 is 6.76. The van der Waals surface area contributed by atoms with Gasteiger partial charge in [0, 0.05) is 19.2 Å². The van der Waals surface area contributed by atoms with E-state index in [0.29, 0.717) is 18.2 Å². The van der Waals surface area contributed by atoms with Gasteiger partial charge in [0.25, 0.3) is 0 Å². The lowest BCUT2D eigenvalue weighted by Crippen LogP contribution is -2.19. The van der Waals surface area contributed by atoms with Crippen molar-refractivity contribution in [1.82, 2.24) is 24.6 Å². The molecule has 3 aromatic heterocycles. The highest BCUT2D eigenvalue weighted by molar-refractivity contribution is 5.84. The molecular weight excluding hydrogens is 256 g/mol. The summed E-state index contributed by atoms with van der Waals surface area (Å²) in [5.41, 5.74) is 7.81. The maximum atomic E-state index is 5.94. The Morgan fingerprint density at radius 3 is 2.95 bits per heavy atom. The topological polar surface area (TPSA) is 86.0 Å². The smallest absolute Gasteiger partial charge is 0.163 e. The maximum absolute atomic E-state index is 5.94. The molecular formula is C13H16N6O. The van der Waals surface area contributed by atoms with Crippen LogP contribution in [0.15, 0.2) is 29.2 Å². The number of aryl methyl sites for hydroxylation is 1. The molecule has 0 aromatic carbocycles. The molecule has 0 saturated carbocycles. The minimum Gasteiger partial charge on any atom is -0.472 e. The molecule has 0 aliphatic rings. The largest absolute Gasteiger partial charge is 0.472 e. The summed E-state index contributed by atoms with van der Waals surface area (Å²) in [5, 5.41) is 4.93. The minimum atomic E-state index is 0.467. The summed E-state index contributed by atoms with van der Waals surface area (Å²) >= 11 is 0. The van der Waals surface area contributed by atoms with Gasteiger partial charge in [0.2, 0.25) is 0 Å². The van der Waals surface area contributed by atoms with E-state index in [1.165, 1.54) is 0 Å². The Morgan fingerprint density at radius 1 is 1.35 bits per heavy atom. The highest BCUT2D eigenvalue weighted by Gasteiger charge is 2.11. The fraction of sp³-hybridized carbons (Fsp3) is 0.308. The van der Waals surface area contributed by atoms with Gasteiger partial charge in [-0.1, -0.05) is 0 Å². The fourth-order valence-electron chi connectivity index (χ4n) is 2.15. The number of hydrogen-bond donors (Lipinski definition) is 1. The lowest BCUT2D eigenvalue weighted by atomic mass is 10.3. The van der Waals surface area contributed by atoms with Crippen LogP contribution in [0.25, 0.3) is 11.0 Å². The number of fused-ring (bicyclic) bond motifs is 1. The molecule has 0 unspecified atom stereocenters. The second-order valence-corrected chi connectivity index (χ2v) is 4.83. The summed E-state index contributed by atoms with van der Waals surface area (Å²) in [4.78, 5) is 10.9. The average Bonchev–Trinajstić information content (AvgIpc) is 3.00. The van der Waals surface area contributed by atoms with E-state index >= 15 is 0 Å². The van der Waals surface area contributed by atoms with Gasteiger partial charge >= 0.3 is 0 Å². The third-order valence-corrected chi connectivity index (χ3v) is 3.11. The van der Waals surface area contributed by atoms with Crippen molar-refractivity contribution in [2.75, 3.05) is 12.8 Å². The van der Waals surface area contributed by atoms with Gasteiger partial charge in [-0.3, -0.25) is 9.58 Å². The number of furan rings is 1. The van der Waals surface area contributed by atoms with Crippen molar-refractivity contribution >= 4 is 16.9 Å². The van der Waals surface area contributed by atoms with Crippen LogP contribution in [0.5, 0.6) is 0 Å². The maximum Gasteiger partial charge on any atom is 0.163 e. The number of nitrogen functional groups attached to an aromatic ring is 1. The van der Waals surface area contributed by atoms with Crippen LogP contribution < -0.4 is 5.73 Å². The van der Waals surface area contributed by atoms with Crippen molar-refractivity contribution in [3.8, 4) is 0 Å². The number of hydrogen-bond acceptors (Lipinski definition) is 6. The van der Waals surface area contributed by atoms with Crippen molar-refractivity contribution in [3.63, 3.8) is 0 Å². The van der Waals surface area contributed by atoms with E-state index < -0.39 is 0 Å². The van der Waals surface area contributed by atoms with E-state index in [9.17, 15) is 0 Å². The highest BCUT2D eigenvalue weighted by Crippen LogP contribution is 2.17. The predicted octanol–water partition coefficient (Wildman–Crippen LogP) is 1.17. The normalized spacial score (nSPS) is 11.6. The average molecular weight is 272 g/mol. The van der Waals surface area contributed by atoms with Crippen LogP contribution in [0.1, 0.15) is 11.4 Å². The van der Waals surface area contributed by atoms with E-state index in [-0.39, 0.29) is 0 Å². The summed E-state index contributed by atoms with van der Waals surface area (Å²) in [6, 6.07) is 1.94. The molecule has 0 atom stereocenters. The third-order valence-electron chi connectivity index (χ3n) is 3.11. The first-order chi connectivity index (χ1) is 9.63. The molecule has 0 aliphatic heterocycles. The van der Waals surface area contributed by atoms with Crippen molar-refractivity contribution < 1.29 is 4.42 Å². The molecule has 0 fully saturated rings. The van der Waals surface area contributed by atoms with E-state index in [4.69, 9.17) is 10.2 Å². The zero-order valence-corrected chi connectivity index (χ0v) is 11.4. The summed E-state index contributed by atoms with van der Waals surface area (Å²) in [6.45, 7) is 1.37. The van der Waals surface area contributed by atoms with Gasteiger partial charge in [-0.05, 0) is 13.1 Å². The molecule has 7 nitrogen and oxygen atoms in total. The Bertz CT molecular complexity index is 718. The lowest BCUT2D eigenvalue weighted by Gasteiger charge is -2.14. The second-order valence-electron chi connectivity index (χ2n) is 4.83. The van der Waals surface area contributed by atoms with Gasteiger partial charge in [-0.25, -0.2) is 9.97 Å². The van der Waals surface area contributed by atoms with Crippen molar-refractivity contribution in [3.05, 3.63) is 36.2 Å². The Kier molecular flexibility index (Phi) is 3.11. The molecule has 3 rings (SSSR count). The van der Waals surface area contributed by atoms with Crippen LogP contribution in [-0.4, -0.2) is 31.7 Å². The highest BCUT2D eigenvalue weighted by atomic mass is 16.3. The first kappa shape index (κ1) is 12.6. The molecule has 2 N–H and O–H groups in total. The zero-order valence-electron chi connectivity index (χ0n) is 11.4. The van der Waals surface area contributed by atoms with E-state index in [2.05, 4.69) is 20.0 Å². The molecule has 104 valence electrons. The molecule has 0 amide bonds. The Morgan fingerprint density at radius 2 is 2.20 bits per heavy atom. The molecule has 0 spiro atoms. The summed E-state index contributed by atoms with van der Waals surface area (Å²) in [6.07, 6.45) is 5.08. The van der Waals surface area contributed by atoms with Gasteiger partial charge in [0.05, 0.1) is 30.7 Å². The number of anilines is 1. The van der Waals surface area contributed by atoms with E-state index in [1.807, 2.05) is 20.2 Å². The predicted molar refractivity (Wildman–Crippen MR) is 74.6 cm³/mol. The second kappa shape index (κ2) is 4.93. The number of aromatic nitrogens is 4. The standard InChI is InChI=1S/C13H16N6O/c1-18(6-9-3-4-20-8-9)7-11-16-12(14)10-5-15-19(2)13(10)17-11/h3-5,8H,6-7H2,1-2H3,(H2,14,16,17). The monoisotopic (exact) mass is 272 g/mol. The molecule has 20 heavy (non-hydrogen) atoms. The van der Waals surface area contributed by atoms with Crippen LogP contribution in [0.4, 0.5) is 5.82 Å². The van der Waals surface area contributed by atoms with Crippen LogP contribution in [-0.2, 0) is 20.1 Å². The van der Waals surface area contributed by atoms with E-state index in [0.717, 1.165) is 23.1 Å². The van der Waals surface area contributed by atoms with Gasteiger partial charge in [-0.2, -0.15) is 5.10 Å². The third kappa shape index (κ3) is 2.35. The lowest BCUT2D eigenvalue weighted by molar-refractivity contribution is 0.310. The molecule has 7 heteroatoms. The van der Waals surface area contributed by atoms with Crippen molar-refractivity contribution in [2.45, 2.75) is 13.1 Å². The Labute approximate surface area is 116 Å². The van der Waals surface area contributed by atoms with Crippen LogP contribution >= 0.6 is 0 Å². The quantitative estimate of drug-likeness (QED) is 0.767. The van der Waals surface area contributed by atoms with Gasteiger partial charge in [0.1, 0.15) is 11.6 Å². The van der Waals surface area contributed by atoms with Crippen LogP contribution in [0, 0.1) is 0 Å². The van der Waals surface area contributed by atoms with Crippen LogP contribution in [0.3, 0.4) is 0 Å². The zero-order chi connectivity index (χ0) is 14.1. The van der Waals surface area contributed by atoms with Gasteiger partial charge in [-0.15, -0.1) is 0 Å². The van der Waals surface area contributed by atoms with Crippen LogP contribution in [0.2, 0.25) is 0 Å². The van der Waals surface area contributed by atoms with Gasteiger partial charge < -0.3 is 10.2 Å². The summed E-state index contributed by atoms with van der Waals surface area (Å²) in [5.74, 6) is 1.15. The molecule has 3 heterocycles. The Hall–Kier alpha value is -2.41. The van der Waals surface area contributed by atoms with E-state index in [1.54, 1.807) is 23.4 Å². The Balaban J connectivity index is 1.81. The first-order valence-electron chi connectivity index (χ1n) is 6.27. The molecule has 0 saturated heterocycles. The number of nitrogens with zero attached hydrogens (tertiary/aromatic N) is 5. The van der Waals surface area contributed by atoms with Crippen molar-refractivity contribution in [1.29, 1.82) is 0 Å². The first-order valence-corrected chi connectivity index (χ1v) is 6.27. The van der Waals surface area contributed by atoms with Gasteiger partial charge in [0.15, 0.2) is 5.65 Å². The fourth-order valence-corrected chi connectivity index (χ4v) is 2.15. The van der Waals surface area contributed by atoms with Crippen molar-refractivity contribution in [2.24, 2.45) is 7.05 Å². The minimum absolute atomic E-state index is 0.467.